The molecule has 6 nitrogen and oxygen atoms in total. The lowest BCUT2D eigenvalue weighted by atomic mass is 10.0. The second kappa shape index (κ2) is 10.5. The fraction of sp³-hybridized carbons (Fsp3) is 0.385. The summed E-state index contributed by atoms with van der Waals surface area (Å²) in [4.78, 5) is 30.7. The quantitative estimate of drug-likeness (QED) is 0.523. The van der Waals surface area contributed by atoms with Crippen molar-refractivity contribution < 1.29 is 14.3 Å². The summed E-state index contributed by atoms with van der Waals surface area (Å²) in [6.07, 6.45) is 0. The summed E-state index contributed by atoms with van der Waals surface area (Å²) in [5.74, 6) is -0.471. The van der Waals surface area contributed by atoms with Crippen LogP contribution in [0, 0.1) is 13.8 Å². The van der Waals surface area contributed by atoms with E-state index in [1.54, 1.807) is 6.92 Å². The van der Waals surface area contributed by atoms with E-state index in [1.165, 1.54) is 27.7 Å². The first-order valence-corrected chi connectivity index (χ1v) is 12.3. The molecule has 1 aliphatic rings. The average molecular weight is 466 g/mol. The van der Waals surface area contributed by atoms with Gasteiger partial charge in [-0.1, -0.05) is 42.5 Å². The number of rotatable bonds is 7. The van der Waals surface area contributed by atoms with Gasteiger partial charge in [0.25, 0.3) is 0 Å². The minimum absolute atomic E-state index is 0.0932. The van der Waals surface area contributed by atoms with Gasteiger partial charge in [-0.05, 0) is 42.7 Å². The smallest absolute Gasteiger partial charge is 0.341 e. The Labute approximate surface area is 199 Å². The normalized spacial score (nSPS) is 15.0. The maximum Gasteiger partial charge on any atom is 0.341 e. The second-order valence-corrected chi connectivity index (χ2v) is 9.67. The molecular formula is C26H31N3O3S. The monoisotopic (exact) mass is 465 g/mol. The van der Waals surface area contributed by atoms with Crippen LogP contribution in [0.2, 0.25) is 0 Å². The fourth-order valence-electron chi connectivity index (χ4n) is 4.31. The molecule has 0 unspecified atom stereocenters. The van der Waals surface area contributed by atoms with Crippen LogP contribution in [0.4, 0.5) is 5.00 Å². The number of carbonyl (C=O) groups is 2. The Hall–Kier alpha value is -2.74. The molecule has 1 N–H and O–H groups in total. The van der Waals surface area contributed by atoms with Crippen LogP contribution in [0.15, 0.2) is 42.5 Å². The SMILES string of the molecule is CCOC(=O)c1c(NC(=O)CN2CCN(Cc3cccc4ccccc34)CC2)sc(C)c1C. The first kappa shape index (κ1) is 23.4. The molecule has 0 bridgehead atoms. The first-order chi connectivity index (χ1) is 16.0. The summed E-state index contributed by atoms with van der Waals surface area (Å²) in [7, 11) is 0. The van der Waals surface area contributed by atoms with E-state index in [-0.39, 0.29) is 11.9 Å². The highest BCUT2D eigenvalue weighted by Crippen LogP contribution is 2.33. The number of nitrogens with zero attached hydrogens (tertiary/aromatic N) is 2. The van der Waals surface area contributed by atoms with Crippen LogP contribution in [0.3, 0.4) is 0 Å². The maximum absolute atomic E-state index is 12.7. The zero-order valence-electron chi connectivity index (χ0n) is 19.5. The number of aryl methyl sites for hydroxylation is 1. The van der Waals surface area contributed by atoms with E-state index in [0.29, 0.717) is 23.7 Å². The molecule has 0 saturated carbocycles. The number of hydrogen-bond acceptors (Lipinski definition) is 6. The van der Waals surface area contributed by atoms with Crippen molar-refractivity contribution in [2.24, 2.45) is 0 Å². The number of thiophene rings is 1. The minimum atomic E-state index is -0.378. The van der Waals surface area contributed by atoms with Crippen LogP contribution in [0.25, 0.3) is 10.8 Å². The molecule has 1 aliphatic heterocycles. The molecule has 1 saturated heterocycles. The lowest BCUT2D eigenvalue weighted by Gasteiger charge is -2.34. The number of anilines is 1. The lowest BCUT2D eigenvalue weighted by molar-refractivity contribution is -0.117. The maximum atomic E-state index is 12.7. The number of esters is 1. The summed E-state index contributed by atoms with van der Waals surface area (Å²) in [6.45, 7) is 10.7. The molecule has 2 aromatic carbocycles. The molecule has 0 spiro atoms. The minimum Gasteiger partial charge on any atom is -0.462 e. The van der Waals surface area contributed by atoms with Gasteiger partial charge in [-0.3, -0.25) is 14.6 Å². The highest BCUT2D eigenvalue weighted by molar-refractivity contribution is 7.16. The number of nitrogens with one attached hydrogen (secondary N) is 1. The highest BCUT2D eigenvalue weighted by atomic mass is 32.1. The Bertz CT molecular complexity index is 1140. The van der Waals surface area contributed by atoms with E-state index < -0.39 is 0 Å². The van der Waals surface area contributed by atoms with Gasteiger partial charge in [0.2, 0.25) is 5.91 Å². The van der Waals surface area contributed by atoms with Gasteiger partial charge in [0.15, 0.2) is 0 Å². The van der Waals surface area contributed by atoms with Crippen LogP contribution in [0.5, 0.6) is 0 Å². The van der Waals surface area contributed by atoms with Crippen LogP contribution in [-0.2, 0) is 16.1 Å². The predicted molar refractivity (Wildman–Crippen MR) is 134 cm³/mol. The molecule has 1 amide bonds. The molecule has 0 radical (unpaired) electrons. The molecule has 1 fully saturated rings. The first-order valence-electron chi connectivity index (χ1n) is 11.4. The van der Waals surface area contributed by atoms with Crippen molar-refractivity contribution in [3.05, 3.63) is 64.0 Å². The van der Waals surface area contributed by atoms with Gasteiger partial charge >= 0.3 is 5.97 Å². The van der Waals surface area contributed by atoms with E-state index in [1.807, 2.05) is 13.8 Å². The molecule has 0 aliphatic carbocycles. The Morgan fingerprint density at radius 3 is 2.45 bits per heavy atom. The van der Waals surface area contributed by atoms with E-state index in [9.17, 15) is 9.59 Å². The third kappa shape index (κ3) is 5.43. The summed E-state index contributed by atoms with van der Waals surface area (Å²) in [5.41, 5.74) is 2.69. The topological polar surface area (TPSA) is 61.9 Å². The number of fused-ring (bicyclic) bond motifs is 1. The number of ether oxygens (including phenoxy) is 1. The van der Waals surface area contributed by atoms with Crippen molar-refractivity contribution in [1.82, 2.24) is 9.80 Å². The van der Waals surface area contributed by atoms with Gasteiger partial charge < -0.3 is 10.1 Å². The van der Waals surface area contributed by atoms with E-state index in [0.717, 1.165) is 43.2 Å². The Morgan fingerprint density at radius 1 is 1.00 bits per heavy atom. The van der Waals surface area contributed by atoms with Crippen LogP contribution >= 0.6 is 11.3 Å². The predicted octanol–water partition coefficient (Wildman–Crippen LogP) is 4.45. The van der Waals surface area contributed by atoms with Gasteiger partial charge in [-0.25, -0.2) is 4.79 Å². The molecule has 7 heteroatoms. The van der Waals surface area contributed by atoms with Crippen molar-refractivity contribution in [3.8, 4) is 0 Å². The van der Waals surface area contributed by atoms with Crippen LogP contribution in [0.1, 0.15) is 33.3 Å². The molecule has 2 heterocycles. The number of benzene rings is 2. The summed E-state index contributed by atoms with van der Waals surface area (Å²) in [6, 6.07) is 15.0. The third-order valence-electron chi connectivity index (χ3n) is 6.22. The van der Waals surface area contributed by atoms with E-state index in [2.05, 4.69) is 57.6 Å². The highest BCUT2D eigenvalue weighted by Gasteiger charge is 2.24. The summed E-state index contributed by atoms with van der Waals surface area (Å²) < 4.78 is 5.18. The van der Waals surface area contributed by atoms with E-state index in [4.69, 9.17) is 4.74 Å². The Balaban J connectivity index is 1.32. The number of amides is 1. The van der Waals surface area contributed by atoms with Gasteiger partial charge in [-0.2, -0.15) is 0 Å². The van der Waals surface area contributed by atoms with Crippen molar-refractivity contribution >= 4 is 39.0 Å². The zero-order chi connectivity index (χ0) is 23.4. The number of carbonyl (C=O) groups excluding carboxylic acids is 2. The van der Waals surface area contributed by atoms with Crippen molar-refractivity contribution in [3.63, 3.8) is 0 Å². The Kier molecular flexibility index (Phi) is 7.42. The third-order valence-corrected chi connectivity index (χ3v) is 7.35. The Morgan fingerprint density at radius 2 is 1.70 bits per heavy atom. The molecule has 33 heavy (non-hydrogen) atoms. The van der Waals surface area contributed by atoms with Crippen LogP contribution < -0.4 is 5.32 Å². The van der Waals surface area contributed by atoms with Gasteiger partial charge in [0.05, 0.1) is 18.7 Å². The fourth-order valence-corrected chi connectivity index (χ4v) is 5.37. The summed E-state index contributed by atoms with van der Waals surface area (Å²) >= 11 is 1.43. The van der Waals surface area contributed by atoms with Crippen molar-refractivity contribution in [2.45, 2.75) is 27.3 Å². The summed E-state index contributed by atoms with van der Waals surface area (Å²) in [5, 5.41) is 6.12. The van der Waals surface area contributed by atoms with Gasteiger partial charge in [-0.15, -0.1) is 11.3 Å². The van der Waals surface area contributed by atoms with Gasteiger partial charge in [0, 0.05) is 37.6 Å². The molecular weight excluding hydrogens is 434 g/mol. The van der Waals surface area contributed by atoms with Crippen molar-refractivity contribution in [1.29, 1.82) is 0 Å². The molecule has 4 rings (SSSR count). The standard InChI is InChI=1S/C26H31N3O3S/c1-4-32-26(31)24-18(2)19(3)33-25(24)27-23(30)17-29-14-12-28(13-15-29)16-21-10-7-9-20-8-5-6-11-22(20)21/h5-11H,4,12-17H2,1-3H3,(H,27,30). The number of hydrogen-bond donors (Lipinski definition) is 1. The second-order valence-electron chi connectivity index (χ2n) is 8.45. The number of piperazine rings is 1. The van der Waals surface area contributed by atoms with Crippen molar-refractivity contribution in [2.75, 3.05) is 44.6 Å². The van der Waals surface area contributed by atoms with Gasteiger partial charge in [0.1, 0.15) is 5.00 Å². The van der Waals surface area contributed by atoms with Crippen LogP contribution in [-0.4, -0.2) is 61.0 Å². The molecule has 1 aromatic heterocycles. The molecule has 3 aromatic rings. The molecule has 174 valence electrons. The van der Waals surface area contributed by atoms with E-state index >= 15 is 0 Å². The zero-order valence-corrected chi connectivity index (χ0v) is 20.3. The molecule has 0 atom stereocenters. The lowest BCUT2D eigenvalue weighted by Crippen LogP contribution is -2.48. The largest absolute Gasteiger partial charge is 0.462 e. The average Bonchev–Trinajstić information content (AvgIpc) is 3.08.